The topological polar surface area (TPSA) is 74.2 Å². The molecule has 0 fully saturated rings. The molecule has 0 aliphatic carbocycles. The number of methoxy groups -OCH3 is 4. The van der Waals surface area contributed by atoms with E-state index in [9.17, 15) is 9.90 Å². The van der Waals surface area contributed by atoms with Gasteiger partial charge in [0.25, 0.3) is 0 Å². The van der Waals surface area contributed by atoms with E-state index in [-0.39, 0.29) is 5.56 Å². The summed E-state index contributed by atoms with van der Waals surface area (Å²) in [7, 11) is 6.46. The summed E-state index contributed by atoms with van der Waals surface area (Å²) in [6.07, 6.45) is 3.16. The Labute approximate surface area is 194 Å². The fraction of sp³-hybridized carbons (Fsp3) is 0.296. The van der Waals surface area contributed by atoms with Gasteiger partial charge in [-0.3, -0.25) is 0 Å². The SMILES string of the molecule is COc1ccc(CCc2cc(CCc3ccc(C(=O)O)c(OC)c3)c(OC)cc2OC)cc1. The number of rotatable bonds is 11. The van der Waals surface area contributed by atoms with Crippen LogP contribution < -0.4 is 18.9 Å². The number of carboxylic acids is 1. The average Bonchev–Trinajstić information content (AvgIpc) is 2.85. The summed E-state index contributed by atoms with van der Waals surface area (Å²) in [6.45, 7) is 0. The normalized spacial score (nSPS) is 10.5. The van der Waals surface area contributed by atoms with E-state index in [0.29, 0.717) is 5.75 Å². The molecule has 0 bridgehead atoms. The first-order valence-electron chi connectivity index (χ1n) is 10.8. The third-order valence-corrected chi connectivity index (χ3v) is 5.70. The number of hydrogen-bond donors (Lipinski definition) is 1. The van der Waals surface area contributed by atoms with Crippen molar-refractivity contribution in [2.75, 3.05) is 28.4 Å². The molecule has 33 heavy (non-hydrogen) atoms. The molecule has 6 heteroatoms. The summed E-state index contributed by atoms with van der Waals surface area (Å²) in [5, 5.41) is 9.29. The molecule has 3 aromatic carbocycles. The fourth-order valence-electron chi connectivity index (χ4n) is 3.85. The Morgan fingerprint density at radius 3 is 1.70 bits per heavy atom. The lowest BCUT2D eigenvalue weighted by molar-refractivity contribution is 0.0693. The van der Waals surface area contributed by atoms with Gasteiger partial charge in [0.05, 0.1) is 28.4 Å². The van der Waals surface area contributed by atoms with Gasteiger partial charge in [0.15, 0.2) is 0 Å². The molecule has 0 aliphatic heterocycles. The molecule has 0 amide bonds. The molecule has 3 rings (SSSR count). The van der Waals surface area contributed by atoms with E-state index in [1.165, 1.54) is 12.7 Å². The molecule has 0 saturated heterocycles. The molecule has 0 spiro atoms. The van der Waals surface area contributed by atoms with Crippen LogP contribution in [0.5, 0.6) is 23.0 Å². The maximum atomic E-state index is 11.3. The van der Waals surface area contributed by atoms with Crippen LogP contribution in [0.1, 0.15) is 32.6 Å². The zero-order valence-electron chi connectivity index (χ0n) is 19.5. The van der Waals surface area contributed by atoms with Crippen molar-refractivity contribution in [2.24, 2.45) is 0 Å². The highest BCUT2D eigenvalue weighted by Crippen LogP contribution is 2.31. The monoisotopic (exact) mass is 450 g/mol. The van der Waals surface area contributed by atoms with Gasteiger partial charge in [-0.25, -0.2) is 4.79 Å². The van der Waals surface area contributed by atoms with Gasteiger partial charge in [-0.2, -0.15) is 0 Å². The van der Waals surface area contributed by atoms with E-state index in [2.05, 4.69) is 18.2 Å². The predicted molar refractivity (Wildman–Crippen MR) is 127 cm³/mol. The molecule has 0 unspecified atom stereocenters. The van der Waals surface area contributed by atoms with Crippen molar-refractivity contribution in [1.29, 1.82) is 0 Å². The average molecular weight is 451 g/mol. The number of carbonyl (C=O) groups is 1. The smallest absolute Gasteiger partial charge is 0.339 e. The summed E-state index contributed by atoms with van der Waals surface area (Å²) in [5.74, 6) is 1.78. The molecular formula is C27H30O6. The summed E-state index contributed by atoms with van der Waals surface area (Å²) in [6, 6.07) is 17.4. The molecule has 0 aliphatic rings. The van der Waals surface area contributed by atoms with Crippen LogP contribution in [-0.4, -0.2) is 39.5 Å². The van der Waals surface area contributed by atoms with E-state index < -0.39 is 5.97 Å². The number of carboxylic acid groups (broad SMARTS) is 1. The highest BCUT2D eigenvalue weighted by Gasteiger charge is 2.14. The van der Waals surface area contributed by atoms with Crippen molar-refractivity contribution >= 4 is 5.97 Å². The Kier molecular flexibility index (Phi) is 8.19. The molecule has 1 N–H and O–H groups in total. The largest absolute Gasteiger partial charge is 0.497 e. The molecular weight excluding hydrogens is 420 g/mol. The first kappa shape index (κ1) is 24.0. The molecule has 0 saturated carbocycles. The Morgan fingerprint density at radius 2 is 1.18 bits per heavy atom. The lowest BCUT2D eigenvalue weighted by Gasteiger charge is -2.16. The summed E-state index contributed by atoms with van der Waals surface area (Å²) in [5.41, 5.74) is 4.56. The van der Waals surface area contributed by atoms with Crippen LogP contribution >= 0.6 is 0 Å². The Morgan fingerprint density at radius 1 is 0.636 bits per heavy atom. The van der Waals surface area contributed by atoms with E-state index in [0.717, 1.165) is 59.6 Å². The first-order chi connectivity index (χ1) is 16.0. The molecule has 0 atom stereocenters. The van der Waals surface area contributed by atoms with Crippen molar-refractivity contribution in [3.8, 4) is 23.0 Å². The van der Waals surface area contributed by atoms with E-state index in [1.54, 1.807) is 33.5 Å². The van der Waals surface area contributed by atoms with Crippen molar-refractivity contribution in [3.63, 3.8) is 0 Å². The fourth-order valence-corrected chi connectivity index (χ4v) is 3.85. The van der Waals surface area contributed by atoms with Gasteiger partial charge < -0.3 is 24.1 Å². The molecule has 3 aromatic rings. The lowest BCUT2D eigenvalue weighted by atomic mass is 9.97. The van der Waals surface area contributed by atoms with Crippen molar-refractivity contribution in [2.45, 2.75) is 25.7 Å². The molecule has 0 heterocycles. The Hall–Kier alpha value is -3.67. The van der Waals surface area contributed by atoms with Crippen LogP contribution in [0.3, 0.4) is 0 Å². The zero-order chi connectivity index (χ0) is 23.8. The number of benzene rings is 3. The highest BCUT2D eigenvalue weighted by molar-refractivity contribution is 5.91. The quantitative estimate of drug-likeness (QED) is 0.444. The van der Waals surface area contributed by atoms with Crippen LogP contribution in [0.25, 0.3) is 0 Å². The molecule has 174 valence electrons. The summed E-state index contributed by atoms with van der Waals surface area (Å²) >= 11 is 0. The van der Waals surface area contributed by atoms with Crippen molar-refractivity contribution < 1.29 is 28.8 Å². The van der Waals surface area contributed by atoms with Crippen LogP contribution in [0.15, 0.2) is 54.6 Å². The third kappa shape index (κ3) is 5.98. The standard InChI is InChI=1S/C27H30O6/c1-30-22-12-7-18(8-13-22)5-10-20-16-21(25(32-3)17-24(20)31-2)11-6-19-9-14-23(27(28)29)26(15-19)33-4/h7-9,12-17H,5-6,10-11H2,1-4H3,(H,28,29). The van der Waals surface area contributed by atoms with Crippen molar-refractivity contribution in [1.82, 2.24) is 0 Å². The van der Waals surface area contributed by atoms with Gasteiger partial charge in [-0.05, 0) is 78.3 Å². The van der Waals surface area contributed by atoms with E-state index in [4.69, 9.17) is 18.9 Å². The second-order valence-electron chi connectivity index (χ2n) is 7.66. The molecule has 0 radical (unpaired) electrons. The number of aryl methyl sites for hydroxylation is 4. The van der Waals surface area contributed by atoms with Crippen LogP contribution in [-0.2, 0) is 25.7 Å². The second-order valence-corrected chi connectivity index (χ2v) is 7.66. The van der Waals surface area contributed by atoms with Gasteiger partial charge in [0.2, 0.25) is 0 Å². The van der Waals surface area contributed by atoms with Gasteiger partial charge in [-0.15, -0.1) is 0 Å². The molecule has 6 nitrogen and oxygen atoms in total. The van der Waals surface area contributed by atoms with Crippen LogP contribution in [0.4, 0.5) is 0 Å². The van der Waals surface area contributed by atoms with Gasteiger partial charge in [0, 0.05) is 6.07 Å². The summed E-state index contributed by atoms with van der Waals surface area (Å²) in [4.78, 5) is 11.3. The second kappa shape index (κ2) is 11.3. The Balaban J connectivity index is 1.78. The lowest BCUT2D eigenvalue weighted by Crippen LogP contribution is -2.03. The first-order valence-corrected chi connectivity index (χ1v) is 10.8. The van der Waals surface area contributed by atoms with E-state index >= 15 is 0 Å². The van der Waals surface area contributed by atoms with E-state index in [1.807, 2.05) is 24.3 Å². The minimum absolute atomic E-state index is 0.157. The minimum Gasteiger partial charge on any atom is -0.497 e. The van der Waals surface area contributed by atoms with Gasteiger partial charge >= 0.3 is 5.97 Å². The highest BCUT2D eigenvalue weighted by atomic mass is 16.5. The summed E-state index contributed by atoms with van der Waals surface area (Å²) < 4.78 is 21.7. The maximum Gasteiger partial charge on any atom is 0.339 e. The van der Waals surface area contributed by atoms with Crippen LogP contribution in [0, 0.1) is 0 Å². The van der Waals surface area contributed by atoms with Crippen LogP contribution in [0.2, 0.25) is 0 Å². The number of hydrogen-bond acceptors (Lipinski definition) is 5. The van der Waals surface area contributed by atoms with Crippen molar-refractivity contribution in [3.05, 3.63) is 82.4 Å². The maximum absolute atomic E-state index is 11.3. The Bertz CT molecular complexity index is 1090. The third-order valence-electron chi connectivity index (χ3n) is 5.70. The number of aromatic carboxylic acids is 1. The van der Waals surface area contributed by atoms with Gasteiger partial charge in [0.1, 0.15) is 28.6 Å². The predicted octanol–water partition coefficient (Wildman–Crippen LogP) is 4.99. The zero-order valence-corrected chi connectivity index (χ0v) is 19.5. The molecule has 0 aromatic heterocycles. The minimum atomic E-state index is -1.00. The number of ether oxygens (including phenoxy) is 4. The van der Waals surface area contributed by atoms with Gasteiger partial charge in [-0.1, -0.05) is 18.2 Å².